The van der Waals surface area contributed by atoms with Gasteiger partial charge in [-0.2, -0.15) is 0 Å². The molecule has 1 spiro atoms. The minimum absolute atomic E-state index is 0.0142. The molecule has 1 aromatic heterocycles. The molecule has 152 valence electrons. The van der Waals surface area contributed by atoms with Crippen LogP contribution in [-0.4, -0.2) is 32.8 Å². The van der Waals surface area contributed by atoms with Crippen LogP contribution < -0.4 is 5.32 Å². The van der Waals surface area contributed by atoms with E-state index in [4.69, 9.17) is 0 Å². The fourth-order valence-corrected chi connectivity index (χ4v) is 5.71. The molecule has 2 aliphatic heterocycles. The fraction of sp³-hybridized carbons (Fsp3) is 0.522. The lowest BCUT2D eigenvalue weighted by Gasteiger charge is -2.34. The van der Waals surface area contributed by atoms with E-state index in [1.54, 1.807) is 6.20 Å². The van der Waals surface area contributed by atoms with Crippen LogP contribution in [0.2, 0.25) is 0 Å². The molecule has 29 heavy (non-hydrogen) atoms. The van der Waals surface area contributed by atoms with E-state index in [0.717, 1.165) is 29.9 Å². The molecule has 3 heterocycles. The Labute approximate surface area is 171 Å². The first-order valence-corrected chi connectivity index (χ1v) is 10.8. The first-order chi connectivity index (χ1) is 14.1. The number of rotatable bonds is 3. The summed E-state index contributed by atoms with van der Waals surface area (Å²) in [6.45, 7) is 0.588. The van der Waals surface area contributed by atoms with Crippen molar-refractivity contribution in [2.24, 2.45) is 13.0 Å². The SMILES string of the molecule is Cn1ccnc1[C@@H]1N(C(=O)CC2CCCCC2)CC[C@]12C(=O)Nc1ccccc12. The highest BCUT2D eigenvalue weighted by Crippen LogP contribution is 2.54. The first kappa shape index (κ1) is 18.4. The molecular formula is C23H28N4O2. The number of nitrogens with one attached hydrogen (secondary N) is 1. The van der Waals surface area contributed by atoms with Gasteiger partial charge < -0.3 is 14.8 Å². The normalized spacial score (nSPS) is 26.7. The number of aryl methyl sites for hydroxylation is 1. The minimum Gasteiger partial charge on any atom is -0.336 e. The number of anilines is 1. The molecule has 2 atom stereocenters. The molecule has 2 aromatic rings. The van der Waals surface area contributed by atoms with Gasteiger partial charge in [-0.25, -0.2) is 4.98 Å². The third kappa shape index (κ3) is 2.80. The molecule has 6 heteroatoms. The second kappa shape index (κ2) is 7.01. The van der Waals surface area contributed by atoms with Gasteiger partial charge in [0, 0.05) is 38.1 Å². The lowest BCUT2D eigenvalue weighted by Crippen LogP contribution is -2.44. The highest BCUT2D eigenvalue weighted by atomic mass is 16.2. The summed E-state index contributed by atoms with van der Waals surface area (Å²) >= 11 is 0. The molecule has 2 amide bonds. The van der Waals surface area contributed by atoms with Crippen molar-refractivity contribution in [2.75, 3.05) is 11.9 Å². The summed E-state index contributed by atoms with van der Waals surface area (Å²) in [5.74, 6) is 1.41. The second-order valence-corrected chi connectivity index (χ2v) is 8.82. The van der Waals surface area contributed by atoms with Crippen molar-refractivity contribution in [2.45, 2.75) is 56.4 Å². The van der Waals surface area contributed by atoms with Crippen molar-refractivity contribution < 1.29 is 9.59 Å². The van der Waals surface area contributed by atoms with E-state index in [1.165, 1.54) is 19.3 Å². The van der Waals surface area contributed by atoms with Gasteiger partial charge in [0.15, 0.2) is 0 Å². The highest BCUT2D eigenvalue weighted by molar-refractivity contribution is 6.07. The van der Waals surface area contributed by atoms with Crippen LogP contribution in [0.5, 0.6) is 0 Å². The molecule has 0 radical (unpaired) electrons. The number of nitrogens with zero attached hydrogens (tertiary/aromatic N) is 3. The van der Waals surface area contributed by atoms with Crippen LogP contribution >= 0.6 is 0 Å². The predicted molar refractivity (Wildman–Crippen MR) is 110 cm³/mol. The summed E-state index contributed by atoms with van der Waals surface area (Å²) in [6, 6.07) is 7.52. The van der Waals surface area contributed by atoms with Gasteiger partial charge >= 0.3 is 0 Å². The van der Waals surface area contributed by atoms with Crippen LogP contribution in [0.25, 0.3) is 0 Å². The number of likely N-dealkylation sites (tertiary alicyclic amines) is 1. The average molecular weight is 393 g/mol. The summed E-state index contributed by atoms with van der Waals surface area (Å²) in [7, 11) is 1.94. The van der Waals surface area contributed by atoms with Crippen molar-refractivity contribution in [3.63, 3.8) is 0 Å². The number of benzene rings is 1. The van der Waals surface area contributed by atoms with E-state index in [-0.39, 0.29) is 17.9 Å². The molecule has 1 saturated carbocycles. The molecule has 3 aliphatic rings. The summed E-state index contributed by atoms with van der Waals surface area (Å²) in [5.41, 5.74) is 1.09. The van der Waals surface area contributed by atoms with Gasteiger partial charge in [0.25, 0.3) is 0 Å². The molecule has 5 rings (SSSR count). The number of hydrogen-bond acceptors (Lipinski definition) is 3. The monoisotopic (exact) mass is 392 g/mol. The van der Waals surface area contributed by atoms with Crippen LogP contribution in [0.15, 0.2) is 36.7 Å². The predicted octanol–water partition coefficient (Wildman–Crippen LogP) is 3.55. The number of aromatic nitrogens is 2. The van der Waals surface area contributed by atoms with Gasteiger partial charge in [0.1, 0.15) is 17.3 Å². The van der Waals surface area contributed by atoms with Gasteiger partial charge in [-0.1, -0.05) is 37.5 Å². The zero-order valence-electron chi connectivity index (χ0n) is 16.9. The number of hydrogen-bond donors (Lipinski definition) is 1. The van der Waals surface area contributed by atoms with Crippen LogP contribution in [0, 0.1) is 5.92 Å². The zero-order chi connectivity index (χ0) is 20.0. The lowest BCUT2D eigenvalue weighted by molar-refractivity contribution is -0.135. The third-order valence-electron chi connectivity index (χ3n) is 7.20. The van der Waals surface area contributed by atoms with Crippen molar-refractivity contribution in [1.82, 2.24) is 14.5 Å². The fourth-order valence-electron chi connectivity index (χ4n) is 5.71. The van der Waals surface area contributed by atoms with Gasteiger partial charge in [0.05, 0.1) is 0 Å². The highest BCUT2D eigenvalue weighted by Gasteiger charge is 2.60. The molecule has 2 fully saturated rings. The van der Waals surface area contributed by atoms with E-state index in [1.807, 2.05) is 47.0 Å². The van der Waals surface area contributed by atoms with E-state index in [2.05, 4.69) is 10.3 Å². The number of carbonyl (C=O) groups excluding carboxylic acids is 2. The molecule has 1 saturated heterocycles. The topological polar surface area (TPSA) is 67.2 Å². The molecule has 1 aromatic carbocycles. The Morgan fingerprint density at radius 2 is 2.03 bits per heavy atom. The Morgan fingerprint density at radius 1 is 1.24 bits per heavy atom. The molecule has 6 nitrogen and oxygen atoms in total. The molecule has 0 unspecified atom stereocenters. The summed E-state index contributed by atoms with van der Waals surface area (Å²) < 4.78 is 1.95. The Balaban J connectivity index is 1.55. The van der Waals surface area contributed by atoms with Crippen LogP contribution in [0.3, 0.4) is 0 Å². The lowest BCUT2D eigenvalue weighted by atomic mass is 9.74. The van der Waals surface area contributed by atoms with Crippen LogP contribution in [-0.2, 0) is 22.1 Å². The number of carbonyl (C=O) groups is 2. The summed E-state index contributed by atoms with van der Waals surface area (Å²) in [6.07, 6.45) is 10.9. The van der Waals surface area contributed by atoms with E-state index < -0.39 is 5.41 Å². The maximum Gasteiger partial charge on any atom is 0.237 e. The largest absolute Gasteiger partial charge is 0.336 e. The average Bonchev–Trinajstić information content (AvgIpc) is 3.40. The summed E-state index contributed by atoms with van der Waals surface area (Å²) in [4.78, 5) is 33.3. The van der Waals surface area contributed by atoms with Crippen molar-refractivity contribution >= 4 is 17.5 Å². The van der Waals surface area contributed by atoms with Gasteiger partial charge in [0.2, 0.25) is 11.8 Å². The standard InChI is InChI=1S/C23H28N4O2/c1-26-14-12-24-21(26)20-23(17-9-5-6-10-18(17)25-22(23)29)11-13-27(20)19(28)15-16-7-3-2-4-8-16/h5-6,9-10,12,14,16,20H,2-4,7-8,11,13,15H2,1H3,(H,25,29)/t20-,23+/m0/s1. The van der Waals surface area contributed by atoms with Gasteiger partial charge in [-0.15, -0.1) is 0 Å². The van der Waals surface area contributed by atoms with Crippen molar-refractivity contribution in [3.05, 3.63) is 48.0 Å². The summed E-state index contributed by atoms with van der Waals surface area (Å²) in [5, 5.41) is 3.07. The zero-order valence-corrected chi connectivity index (χ0v) is 16.9. The van der Waals surface area contributed by atoms with E-state index in [0.29, 0.717) is 25.3 Å². The Morgan fingerprint density at radius 3 is 2.79 bits per heavy atom. The van der Waals surface area contributed by atoms with Crippen LogP contribution in [0.4, 0.5) is 5.69 Å². The Bertz CT molecular complexity index is 946. The number of fused-ring (bicyclic) bond motifs is 2. The quantitative estimate of drug-likeness (QED) is 0.869. The molecular weight excluding hydrogens is 364 g/mol. The smallest absolute Gasteiger partial charge is 0.237 e. The van der Waals surface area contributed by atoms with Gasteiger partial charge in [-0.05, 0) is 36.8 Å². The van der Waals surface area contributed by atoms with Crippen molar-refractivity contribution in [1.29, 1.82) is 0 Å². The Kier molecular flexibility index (Phi) is 4.45. The van der Waals surface area contributed by atoms with Crippen molar-refractivity contribution in [3.8, 4) is 0 Å². The van der Waals surface area contributed by atoms with Gasteiger partial charge in [-0.3, -0.25) is 9.59 Å². The molecule has 1 aliphatic carbocycles. The van der Waals surface area contributed by atoms with E-state index in [9.17, 15) is 9.59 Å². The van der Waals surface area contributed by atoms with Crippen LogP contribution in [0.1, 0.15) is 62.4 Å². The first-order valence-electron chi connectivity index (χ1n) is 10.8. The molecule has 0 bridgehead atoms. The number of imidazole rings is 1. The van der Waals surface area contributed by atoms with E-state index >= 15 is 0 Å². The number of amides is 2. The maximum atomic E-state index is 13.4. The minimum atomic E-state index is -0.766. The Hall–Kier alpha value is -2.63. The number of para-hydroxylation sites is 1. The molecule has 1 N–H and O–H groups in total. The maximum absolute atomic E-state index is 13.4. The third-order valence-corrected chi connectivity index (χ3v) is 7.20. The second-order valence-electron chi connectivity index (χ2n) is 8.82.